The van der Waals surface area contributed by atoms with Gasteiger partial charge in [0, 0.05) is 11.1 Å². The molecule has 2 rings (SSSR count). The second-order valence-corrected chi connectivity index (χ2v) is 6.26. The predicted octanol–water partition coefficient (Wildman–Crippen LogP) is 4.97. The van der Waals surface area contributed by atoms with Gasteiger partial charge in [0.25, 0.3) is 0 Å². The summed E-state index contributed by atoms with van der Waals surface area (Å²) in [5.74, 6) is 0.465. The molecular weight excluding hydrogens is 273 g/mol. The van der Waals surface area contributed by atoms with Gasteiger partial charge in [0.15, 0.2) is 0 Å². The highest BCUT2D eigenvalue weighted by atomic mass is 35.5. The quantitative estimate of drug-likeness (QED) is 0.757. The highest BCUT2D eigenvalue weighted by Gasteiger charge is 2.23. The van der Waals surface area contributed by atoms with Crippen LogP contribution >= 0.6 is 11.6 Å². The average Bonchev–Trinajstić information content (AvgIpc) is 2.70. The second kappa shape index (κ2) is 7.99. The van der Waals surface area contributed by atoms with Gasteiger partial charge in [-0.25, -0.2) is 4.39 Å². The fraction of sp³-hybridized carbons (Fsp3) is 0.647. The van der Waals surface area contributed by atoms with Crippen molar-refractivity contribution >= 4 is 11.6 Å². The summed E-state index contributed by atoms with van der Waals surface area (Å²) < 4.78 is 13.1. The van der Waals surface area contributed by atoms with E-state index in [0.717, 1.165) is 24.4 Å². The number of hydrogen-bond donors (Lipinski definition) is 1. The van der Waals surface area contributed by atoms with Crippen molar-refractivity contribution in [3.05, 3.63) is 34.6 Å². The number of likely N-dealkylation sites (N-methyl/N-ethyl adjacent to an activating group) is 1. The van der Waals surface area contributed by atoms with Crippen molar-refractivity contribution in [3.63, 3.8) is 0 Å². The van der Waals surface area contributed by atoms with Crippen LogP contribution in [0.15, 0.2) is 18.2 Å². The molecule has 1 N–H and O–H groups in total. The molecule has 1 nitrogen and oxygen atoms in total. The number of hydrogen-bond acceptors (Lipinski definition) is 1. The van der Waals surface area contributed by atoms with Crippen LogP contribution in [0.4, 0.5) is 4.39 Å². The van der Waals surface area contributed by atoms with Crippen molar-refractivity contribution in [2.45, 2.75) is 57.9 Å². The van der Waals surface area contributed by atoms with Gasteiger partial charge in [0.1, 0.15) is 5.82 Å². The summed E-state index contributed by atoms with van der Waals surface area (Å²) in [6.07, 6.45) is 8.91. The molecule has 0 radical (unpaired) electrons. The molecule has 0 aromatic heterocycles. The van der Waals surface area contributed by atoms with Crippen LogP contribution in [0.25, 0.3) is 0 Å². The number of nitrogens with one attached hydrogen (secondary N) is 1. The van der Waals surface area contributed by atoms with Crippen molar-refractivity contribution in [1.82, 2.24) is 5.32 Å². The summed E-state index contributed by atoms with van der Waals surface area (Å²) in [5.41, 5.74) is 1.06. The molecule has 0 spiro atoms. The third kappa shape index (κ3) is 4.46. The minimum Gasteiger partial charge on any atom is -0.314 e. The Hall–Kier alpha value is -0.600. The van der Waals surface area contributed by atoms with Gasteiger partial charge < -0.3 is 5.32 Å². The SMILES string of the molecule is CCNC(Cc1ccc(F)cc1Cl)C1CCCCCC1. The molecular formula is C17H25ClFN. The number of rotatable bonds is 5. The van der Waals surface area contributed by atoms with Crippen molar-refractivity contribution in [3.8, 4) is 0 Å². The van der Waals surface area contributed by atoms with E-state index in [1.165, 1.54) is 50.7 Å². The van der Waals surface area contributed by atoms with Gasteiger partial charge in [-0.3, -0.25) is 0 Å². The Morgan fingerprint density at radius 1 is 1.25 bits per heavy atom. The third-order valence-corrected chi connectivity index (χ3v) is 4.74. The van der Waals surface area contributed by atoms with E-state index >= 15 is 0 Å². The van der Waals surface area contributed by atoms with Gasteiger partial charge in [-0.15, -0.1) is 0 Å². The topological polar surface area (TPSA) is 12.0 Å². The van der Waals surface area contributed by atoms with Gasteiger partial charge in [0.05, 0.1) is 0 Å². The van der Waals surface area contributed by atoms with E-state index in [1.807, 2.05) is 6.07 Å². The molecule has 0 saturated heterocycles. The highest BCUT2D eigenvalue weighted by molar-refractivity contribution is 6.31. The van der Waals surface area contributed by atoms with Gasteiger partial charge in [-0.2, -0.15) is 0 Å². The van der Waals surface area contributed by atoms with Crippen molar-refractivity contribution in [1.29, 1.82) is 0 Å². The molecule has 1 aliphatic carbocycles. The Balaban J connectivity index is 2.07. The Labute approximate surface area is 126 Å². The molecule has 1 unspecified atom stereocenters. The Kier molecular flexibility index (Phi) is 6.31. The van der Waals surface area contributed by atoms with Crippen LogP contribution in [0, 0.1) is 11.7 Å². The smallest absolute Gasteiger partial charge is 0.124 e. The maximum atomic E-state index is 13.1. The predicted molar refractivity (Wildman–Crippen MR) is 83.8 cm³/mol. The second-order valence-electron chi connectivity index (χ2n) is 5.86. The molecule has 1 fully saturated rings. The fourth-order valence-electron chi connectivity index (χ4n) is 3.31. The van der Waals surface area contributed by atoms with Crippen LogP contribution < -0.4 is 5.32 Å². The molecule has 1 aliphatic rings. The first-order valence-corrected chi connectivity index (χ1v) is 8.25. The van der Waals surface area contributed by atoms with Crippen LogP contribution in [0.1, 0.15) is 51.0 Å². The molecule has 1 aromatic rings. The maximum Gasteiger partial charge on any atom is 0.124 e. The molecule has 0 bridgehead atoms. The lowest BCUT2D eigenvalue weighted by molar-refractivity contribution is 0.321. The van der Waals surface area contributed by atoms with Crippen molar-refractivity contribution < 1.29 is 4.39 Å². The van der Waals surface area contributed by atoms with Crippen LogP contribution in [-0.4, -0.2) is 12.6 Å². The minimum absolute atomic E-state index is 0.256. The molecule has 20 heavy (non-hydrogen) atoms. The molecule has 1 atom stereocenters. The highest BCUT2D eigenvalue weighted by Crippen LogP contribution is 2.28. The normalized spacial score (nSPS) is 18.8. The lowest BCUT2D eigenvalue weighted by Crippen LogP contribution is -2.38. The van der Waals surface area contributed by atoms with E-state index < -0.39 is 0 Å². The molecule has 3 heteroatoms. The first-order valence-electron chi connectivity index (χ1n) is 7.88. The molecule has 0 aliphatic heterocycles. The summed E-state index contributed by atoms with van der Waals surface area (Å²) in [4.78, 5) is 0. The average molecular weight is 298 g/mol. The van der Waals surface area contributed by atoms with Gasteiger partial charge in [0.2, 0.25) is 0 Å². The largest absolute Gasteiger partial charge is 0.314 e. The summed E-state index contributed by atoms with van der Waals surface area (Å²) in [5, 5.41) is 4.17. The first-order chi connectivity index (χ1) is 9.70. The van der Waals surface area contributed by atoms with E-state index in [1.54, 1.807) is 0 Å². The van der Waals surface area contributed by atoms with Gasteiger partial charge >= 0.3 is 0 Å². The maximum absolute atomic E-state index is 13.1. The van der Waals surface area contributed by atoms with E-state index in [9.17, 15) is 4.39 Å². The Bertz CT molecular complexity index is 413. The zero-order valence-corrected chi connectivity index (χ0v) is 13.1. The van der Waals surface area contributed by atoms with Crippen LogP contribution in [0.3, 0.4) is 0 Å². The molecule has 0 amide bonds. The van der Waals surface area contributed by atoms with Crippen LogP contribution in [-0.2, 0) is 6.42 Å². The van der Waals surface area contributed by atoms with Crippen LogP contribution in [0.2, 0.25) is 5.02 Å². The van der Waals surface area contributed by atoms with Gasteiger partial charge in [-0.1, -0.05) is 50.3 Å². The van der Waals surface area contributed by atoms with Crippen LogP contribution in [0.5, 0.6) is 0 Å². The van der Waals surface area contributed by atoms with Crippen molar-refractivity contribution in [2.24, 2.45) is 5.92 Å². The van der Waals surface area contributed by atoms with E-state index in [-0.39, 0.29) is 5.82 Å². The summed E-state index contributed by atoms with van der Waals surface area (Å²) >= 11 is 6.18. The summed E-state index contributed by atoms with van der Waals surface area (Å²) in [6.45, 7) is 3.12. The minimum atomic E-state index is -0.256. The monoisotopic (exact) mass is 297 g/mol. The Morgan fingerprint density at radius 3 is 2.55 bits per heavy atom. The van der Waals surface area contributed by atoms with E-state index in [4.69, 9.17) is 11.6 Å². The fourth-order valence-corrected chi connectivity index (χ4v) is 3.55. The molecule has 0 heterocycles. The molecule has 1 aromatic carbocycles. The molecule has 112 valence electrons. The number of benzene rings is 1. The number of halogens is 2. The lowest BCUT2D eigenvalue weighted by Gasteiger charge is -2.27. The zero-order valence-electron chi connectivity index (χ0n) is 12.3. The Morgan fingerprint density at radius 2 is 1.95 bits per heavy atom. The van der Waals surface area contributed by atoms with Gasteiger partial charge in [-0.05, 0) is 49.4 Å². The summed E-state index contributed by atoms with van der Waals surface area (Å²) in [7, 11) is 0. The third-order valence-electron chi connectivity index (χ3n) is 4.39. The van der Waals surface area contributed by atoms with Crippen molar-refractivity contribution in [2.75, 3.05) is 6.54 Å². The lowest BCUT2D eigenvalue weighted by atomic mass is 9.87. The summed E-state index contributed by atoms with van der Waals surface area (Å²) in [6, 6.07) is 5.23. The standard InChI is InChI=1S/C17H25ClFN/c1-2-20-17(13-7-5-3-4-6-8-13)11-14-9-10-15(19)12-16(14)18/h9-10,12-13,17,20H,2-8,11H2,1H3. The van der Waals surface area contributed by atoms with E-state index in [2.05, 4.69) is 12.2 Å². The molecule has 1 saturated carbocycles. The first kappa shape index (κ1) is 15.8. The zero-order chi connectivity index (χ0) is 14.4. The van der Waals surface area contributed by atoms with E-state index in [0.29, 0.717) is 11.1 Å².